The molecule has 1 aliphatic heterocycles. The summed E-state index contributed by atoms with van der Waals surface area (Å²) >= 11 is 0. The molecule has 1 N–H and O–H groups in total. The van der Waals surface area contributed by atoms with Crippen LogP contribution >= 0.6 is 0 Å². The number of anilines is 2. The number of nitrogens with one attached hydrogen (secondary N) is 1. The summed E-state index contributed by atoms with van der Waals surface area (Å²) in [5.41, 5.74) is 0.211. The Kier molecular flexibility index (Phi) is 6.22. The lowest BCUT2D eigenvalue weighted by Crippen LogP contribution is -2.33. The maximum absolute atomic E-state index is 13.6. The second kappa shape index (κ2) is 8.98. The lowest BCUT2D eigenvalue weighted by molar-refractivity contribution is -0.139. The second-order valence-electron chi connectivity index (χ2n) is 7.61. The third kappa shape index (κ3) is 4.69. The van der Waals surface area contributed by atoms with Crippen LogP contribution in [0, 0.1) is 0 Å². The first-order chi connectivity index (χ1) is 16.1. The molecule has 0 radical (unpaired) electrons. The molecule has 11 heteroatoms. The monoisotopic (exact) mass is 491 g/mol. The number of methoxy groups -OCH3 is 1. The Morgan fingerprint density at radius 3 is 2.38 bits per heavy atom. The van der Waals surface area contributed by atoms with Gasteiger partial charge in [-0.15, -0.1) is 0 Å². The van der Waals surface area contributed by atoms with E-state index in [9.17, 15) is 26.4 Å². The molecule has 0 unspecified atom stereocenters. The number of fused-ring (bicyclic) bond motifs is 1. The Bertz CT molecular complexity index is 1310. The van der Waals surface area contributed by atoms with E-state index >= 15 is 0 Å². The Hall–Kier alpha value is -3.60. The van der Waals surface area contributed by atoms with Crippen molar-refractivity contribution in [2.45, 2.75) is 23.2 Å². The van der Waals surface area contributed by atoms with Gasteiger partial charge in [-0.1, -0.05) is 12.1 Å². The van der Waals surface area contributed by atoms with Crippen LogP contribution in [0.3, 0.4) is 0 Å². The highest BCUT2D eigenvalue weighted by Crippen LogP contribution is 2.44. The van der Waals surface area contributed by atoms with Gasteiger partial charge >= 0.3 is 12.2 Å². The number of carbonyl (C=O) groups excluding carboxylic acids is 1. The van der Waals surface area contributed by atoms with Crippen LogP contribution in [0.25, 0.3) is 0 Å². The minimum absolute atomic E-state index is 0.0127. The third-order valence-electron chi connectivity index (χ3n) is 5.45. The number of aromatic nitrogens is 1. The van der Waals surface area contributed by atoms with Crippen molar-refractivity contribution in [3.8, 4) is 5.75 Å². The summed E-state index contributed by atoms with van der Waals surface area (Å²) in [6.45, 7) is 0.0830. The molecule has 0 spiro atoms. The minimum atomic E-state index is -4.62. The highest BCUT2D eigenvalue weighted by atomic mass is 32.2. The van der Waals surface area contributed by atoms with Crippen molar-refractivity contribution in [2.24, 2.45) is 0 Å². The van der Waals surface area contributed by atoms with Crippen molar-refractivity contribution in [2.75, 3.05) is 23.9 Å². The fourth-order valence-corrected chi connectivity index (χ4v) is 5.22. The first-order valence-electron chi connectivity index (χ1n) is 10.2. The van der Waals surface area contributed by atoms with Gasteiger partial charge in [0.2, 0.25) is 0 Å². The molecule has 2 heterocycles. The molecule has 4 rings (SSSR count). The smallest absolute Gasteiger partial charge is 0.420 e. The second-order valence-corrected chi connectivity index (χ2v) is 9.60. The first-order valence-corrected chi connectivity index (χ1v) is 11.8. The van der Waals surface area contributed by atoms with Crippen LogP contribution in [0.15, 0.2) is 65.8 Å². The number of halogens is 3. The molecule has 2 aromatic carbocycles. The average molecular weight is 491 g/mol. The quantitative estimate of drug-likeness (QED) is 0.560. The van der Waals surface area contributed by atoms with Gasteiger partial charge in [0.1, 0.15) is 11.3 Å². The van der Waals surface area contributed by atoms with Gasteiger partial charge in [0.05, 0.1) is 17.8 Å². The van der Waals surface area contributed by atoms with Crippen LogP contribution in [-0.2, 0) is 28.2 Å². The molecule has 7 nitrogen and oxygen atoms in total. The molecular weight excluding hydrogens is 471 g/mol. The third-order valence-corrected chi connectivity index (χ3v) is 7.15. The molecule has 0 saturated heterocycles. The summed E-state index contributed by atoms with van der Waals surface area (Å²) in [6, 6.07) is 11.1. The van der Waals surface area contributed by atoms with E-state index in [1.807, 2.05) is 0 Å². The van der Waals surface area contributed by atoms with E-state index in [1.165, 1.54) is 48.7 Å². The van der Waals surface area contributed by atoms with E-state index < -0.39 is 27.6 Å². The van der Waals surface area contributed by atoms with E-state index in [4.69, 9.17) is 4.74 Å². The van der Waals surface area contributed by atoms with Gasteiger partial charge in [0, 0.05) is 30.3 Å². The topological polar surface area (TPSA) is 88.6 Å². The van der Waals surface area contributed by atoms with Crippen molar-refractivity contribution in [3.05, 3.63) is 77.6 Å². The Labute approximate surface area is 194 Å². The van der Waals surface area contributed by atoms with Crippen molar-refractivity contribution >= 4 is 27.2 Å². The number of sulfone groups is 1. The molecule has 34 heavy (non-hydrogen) atoms. The van der Waals surface area contributed by atoms with Crippen LogP contribution < -0.4 is 15.0 Å². The zero-order chi connectivity index (χ0) is 24.5. The van der Waals surface area contributed by atoms with E-state index in [-0.39, 0.29) is 40.6 Å². The highest BCUT2D eigenvalue weighted by molar-refractivity contribution is 7.90. The predicted molar refractivity (Wildman–Crippen MR) is 120 cm³/mol. The summed E-state index contributed by atoms with van der Waals surface area (Å²) in [4.78, 5) is 18.0. The number of amides is 2. The van der Waals surface area contributed by atoms with Gasteiger partial charge in [0.25, 0.3) is 0 Å². The molecule has 178 valence electrons. The number of rotatable bonds is 5. The van der Waals surface area contributed by atoms with Crippen LogP contribution in [-0.4, -0.2) is 33.1 Å². The fourth-order valence-electron chi connectivity index (χ4n) is 3.88. The maximum atomic E-state index is 13.6. The Morgan fingerprint density at radius 2 is 1.76 bits per heavy atom. The van der Waals surface area contributed by atoms with Crippen LogP contribution in [0.5, 0.6) is 5.75 Å². The fraction of sp³-hybridized carbons (Fsp3) is 0.217. The van der Waals surface area contributed by atoms with Crippen LogP contribution in [0.4, 0.5) is 29.3 Å². The van der Waals surface area contributed by atoms with Gasteiger partial charge in [-0.25, -0.2) is 13.2 Å². The van der Waals surface area contributed by atoms with Gasteiger partial charge in [-0.3, -0.25) is 9.88 Å². The predicted octanol–water partition coefficient (Wildman–Crippen LogP) is 4.68. The van der Waals surface area contributed by atoms with E-state index in [0.717, 1.165) is 0 Å². The van der Waals surface area contributed by atoms with E-state index in [1.54, 1.807) is 24.3 Å². The summed E-state index contributed by atoms with van der Waals surface area (Å²) in [5.74, 6) is -0.516. The zero-order valence-electron chi connectivity index (χ0n) is 18.0. The van der Waals surface area contributed by atoms with Gasteiger partial charge in [-0.2, -0.15) is 13.2 Å². The zero-order valence-corrected chi connectivity index (χ0v) is 18.8. The Balaban J connectivity index is 1.49. The van der Waals surface area contributed by atoms with Crippen molar-refractivity contribution < 1.29 is 31.1 Å². The first kappa shape index (κ1) is 23.6. The summed E-state index contributed by atoms with van der Waals surface area (Å²) < 4.78 is 70.6. The molecule has 1 aromatic heterocycles. The summed E-state index contributed by atoms with van der Waals surface area (Å²) in [7, 11) is -2.39. The number of nitrogens with zero attached hydrogens (tertiary/aromatic N) is 2. The van der Waals surface area contributed by atoms with Gasteiger partial charge in [-0.05, 0) is 53.9 Å². The standard InChI is InChI=1S/C23H20F3N3O4S/c1-33-20-7-6-19-18(21(20)23(24,25)26)10-13-29(19)22(30)28-16-4-2-15(3-5-16)14-34(31,32)17-8-11-27-12-9-17/h2-9,11-12H,10,13-14H2,1H3,(H,28,30). The molecule has 0 aliphatic carbocycles. The van der Waals surface area contributed by atoms with Gasteiger partial charge < -0.3 is 10.1 Å². The summed E-state index contributed by atoms with van der Waals surface area (Å²) in [5, 5.41) is 2.65. The number of hydrogen-bond donors (Lipinski definition) is 1. The molecule has 0 atom stereocenters. The van der Waals surface area contributed by atoms with Crippen LogP contribution in [0.2, 0.25) is 0 Å². The lowest BCUT2D eigenvalue weighted by Gasteiger charge is -2.20. The number of urea groups is 1. The minimum Gasteiger partial charge on any atom is -0.496 e. The molecule has 1 aliphatic rings. The molecule has 0 saturated carbocycles. The summed E-state index contributed by atoms with van der Waals surface area (Å²) in [6.07, 6.45) is -1.78. The van der Waals surface area contributed by atoms with Crippen molar-refractivity contribution in [3.63, 3.8) is 0 Å². The Morgan fingerprint density at radius 1 is 1.09 bits per heavy atom. The lowest BCUT2D eigenvalue weighted by atomic mass is 10.0. The van der Waals surface area contributed by atoms with E-state index in [0.29, 0.717) is 11.3 Å². The van der Waals surface area contributed by atoms with Gasteiger partial charge in [0.15, 0.2) is 9.84 Å². The maximum Gasteiger partial charge on any atom is 0.420 e. The van der Waals surface area contributed by atoms with Crippen LogP contribution in [0.1, 0.15) is 16.7 Å². The largest absolute Gasteiger partial charge is 0.496 e. The number of pyridine rings is 1. The average Bonchev–Trinajstić information content (AvgIpc) is 3.23. The number of benzene rings is 2. The number of alkyl halides is 3. The van der Waals surface area contributed by atoms with Crippen molar-refractivity contribution in [1.29, 1.82) is 0 Å². The molecule has 3 aromatic rings. The normalized spacial score (nSPS) is 13.5. The molecule has 2 amide bonds. The molecule has 0 bridgehead atoms. The molecule has 0 fully saturated rings. The SMILES string of the molecule is COc1ccc2c(c1C(F)(F)F)CCN2C(=O)Nc1ccc(CS(=O)(=O)c2ccncc2)cc1. The van der Waals surface area contributed by atoms with Crippen molar-refractivity contribution in [1.82, 2.24) is 4.98 Å². The number of carbonyl (C=O) groups is 1. The van der Waals surface area contributed by atoms with E-state index in [2.05, 4.69) is 10.3 Å². The molecular formula is C23H20F3N3O4S. The number of hydrogen-bond acceptors (Lipinski definition) is 5. The number of ether oxygens (including phenoxy) is 1. The highest BCUT2D eigenvalue weighted by Gasteiger charge is 2.41.